The average molecular weight is 256 g/mol. The van der Waals surface area contributed by atoms with Gasteiger partial charge in [-0.3, -0.25) is 4.98 Å². The summed E-state index contributed by atoms with van der Waals surface area (Å²) in [7, 11) is 0. The SMILES string of the molecule is Cc1cnc(C)c(NC(C)c2ccc(CN)cc2)n1. The van der Waals surface area contributed by atoms with Crippen LogP contribution < -0.4 is 11.1 Å². The van der Waals surface area contributed by atoms with Crippen molar-refractivity contribution in [3.8, 4) is 0 Å². The molecule has 2 rings (SSSR count). The third kappa shape index (κ3) is 3.29. The van der Waals surface area contributed by atoms with Crippen molar-refractivity contribution in [1.29, 1.82) is 0 Å². The van der Waals surface area contributed by atoms with Crippen molar-refractivity contribution in [3.05, 3.63) is 53.0 Å². The summed E-state index contributed by atoms with van der Waals surface area (Å²) >= 11 is 0. The predicted octanol–water partition coefficient (Wildman–Crippen LogP) is 2.73. The van der Waals surface area contributed by atoms with Crippen LogP contribution in [0.1, 0.15) is 35.5 Å². The Labute approximate surface area is 114 Å². The number of aromatic nitrogens is 2. The molecule has 0 radical (unpaired) electrons. The standard InChI is InChI=1S/C15H20N4/c1-10-9-17-12(3)15(18-10)19-11(2)14-6-4-13(8-16)5-7-14/h4-7,9,11H,8,16H2,1-3H3,(H,18,19). The van der Waals surface area contributed by atoms with Crippen LogP contribution in [-0.4, -0.2) is 9.97 Å². The van der Waals surface area contributed by atoms with Gasteiger partial charge in [-0.1, -0.05) is 24.3 Å². The number of benzene rings is 1. The minimum absolute atomic E-state index is 0.182. The van der Waals surface area contributed by atoms with E-state index in [1.807, 2.05) is 13.8 Å². The van der Waals surface area contributed by atoms with Crippen molar-refractivity contribution < 1.29 is 0 Å². The smallest absolute Gasteiger partial charge is 0.148 e. The van der Waals surface area contributed by atoms with Gasteiger partial charge in [0, 0.05) is 12.7 Å². The molecule has 0 aliphatic carbocycles. The van der Waals surface area contributed by atoms with E-state index in [2.05, 4.69) is 46.5 Å². The zero-order valence-corrected chi connectivity index (χ0v) is 11.6. The third-order valence-corrected chi connectivity index (χ3v) is 3.14. The summed E-state index contributed by atoms with van der Waals surface area (Å²) in [5.41, 5.74) is 9.78. The van der Waals surface area contributed by atoms with Crippen LogP contribution in [0, 0.1) is 13.8 Å². The number of anilines is 1. The number of hydrogen-bond donors (Lipinski definition) is 2. The topological polar surface area (TPSA) is 63.8 Å². The molecule has 19 heavy (non-hydrogen) atoms. The highest BCUT2D eigenvalue weighted by atomic mass is 15.0. The molecule has 4 heteroatoms. The Bertz CT molecular complexity index is 549. The normalized spacial score (nSPS) is 12.2. The second-order valence-corrected chi connectivity index (χ2v) is 4.76. The number of rotatable bonds is 4. The van der Waals surface area contributed by atoms with Gasteiger partial charge in [-0.05, 0) is 31.9 Å². The number of nitrogens with two attached hydrogens (primary N) is 1. The molecule has 0 bridgehead atoms. The van der Waals surface area contributed by atoms with Gasteiger partial charge in [0.05, 0.1) is 17.4 Å². The first-order valence-electron chi connectivity index (χ1n) is 6.46. The fourth-order valence-corrected chi connectivity index (χ4v) is 1.91. The van der Waals surface area contributed by atoms with Gasteiger partial charge in [0.25, 0.3) is 0 Å². The molecule has 1 heterocycles. The molecule has 1 unspecified atom stereocenters. The highest BCUT2D eigenvalue weighted by molar-refractivity contribution is 5.42. The minimum Gasteiger partial charge on any atom is -0.362 e. The van der Waals surface area contributed by atoms with Gasteiger partial charge >= 0.3 is 0 Å². The van der Waals surface area contributed by atoms with E-state index in [0.717, 1.165) is 22.8 Å². The van der Waals surface area contributed by atoms with Gasteiger partial charge < -0.3 is 11.1 Å². The van der Waals surface area contributed by atoms with Gasteiger partial charge in [-0.25, -0.2) is 4.98 Å². The van der Waals surface area contributed by atoms with E-state index in [-0.39, 0.29) is 6.04 Å². The quantitative estimate of drug-likeness (QED) is 0.883. The Morgan fingerprint density at radius 2 is 1.89 bits per heavy atom. The lowest BCUT2D eigenvalue weighted by atomic mass is 10.1. The Hall–Kier alpha value is -1.94. The van der Waals surface area contributed by atoms with Crippen LogP contribution >= 0.6 is 0 Å². The Morgan fingerprint density at radius 1 is 1.21 bits per heavy atom. The second-order valence-electron chi connectivity index (χ2n) is 4.76. The molecule has 1 aromatic carbocycles. The summed E-state index contributed by atoms with van der Waals surface area (Å²) in [4.78, 5) is 8.79. The van der Waals surface area contributed by atoms with Crippen molar-refractivity contribution >= 4 is 5.82 Å². The molecule has 1 atom stereocenters. The lowest BCUT2D eigenvalue weighted by Crippen LogP contribution is -2.10. The summed E-state index contributed by atoms with van der Waals surface area (Å²) < 4.78 is 0. The number of nitrogens with one attached hydrogen (secondary N) is 1. The molecular formula is C15H20N4. The zero-order valence-electron chi connectivity index (χ0n) is 11.6. The van der Waals surface area contributed by atoms with E-state index in [1.165, 1.54) is 5.56 Å². The van der Waals surface area contributed by atoms with Crippen molar-refractivity contribution in [1.82, 2.24) is 9.97 Å². The highest BCUT2D eigenvalue weighted by Gasteiger charge is 2.08. The fraction of sp³-hybridized carbons (Fsp3) is 0.333. The first-order chi connectivity index (χ1) is 9.10. The van der Waals surface area contributed by atoms with Gasteiger partial charge in [0.15, 0.2) is 0 Å². The number of aryl methyl sites for hydroxylation is 2. The molecule has 0 amide bonds. The highest BCUT2D eigenvalue weighted by Crippen LogP contribution is 2.20. The second kappa shape index (κ2) is 5.80. The predicted molar refractivity (Wildman–Crippen MR) is 77.9 cm³/mol. The summed E-state index contributed by atoms with van der Waals surface area (Å²) in [6.07, 6.45) is 1.78. The van der Waals surface area contributed by atoms with Crippen molar-refractivity contribution in [3.63, 3.8) is 0 Å². The molecule has 0 aliphatic heterocycles. The fourth-order valence-electron chi connectivity index (χ4n) is 1.91. The van der Waals surface area contributed by atoms with Gasteiger partial charge in [-0.2, -0.15) is 0 Å². The maximum Gasteiger partial charge on any atom is 0.148 e. The van der Waals surface area contributed by atoms with Crippen LogP contribution in [-0.2, 0) is 6.54 Å². The molecule has 0 saturated heterocycles. The summed E-state index contributed by atoms with van der Waals surface area (Å²) in [6, 6.07) is 8.49. The molecule has 1 aromatic heterocycles. The van der Waals surface area contributed by atoms with Crippen molar-refractivity contribution in [2.45, 2.75) is 33.4 Å². The molecule has 0 aliphatic rings. The molecular weight excluding hydrogens is 236 g/mol. The number of nitrogens with zero attached hydrogens (tertiary/aromatic N) is 2. The molecule has 100 valence electrons. The van der Waals surface area contributed by atoms with E-state index in [1.54, 1.807) is 6.20 Å². The summed E-state index contributed by atoms with van der Waals surface area (Å²) in [5.74, 6) is 0.843. The molecule has 0 fully saturated rings. The Kier molecular flexibility index (Phi) is 4.12. The minimum atomic E-state index is 0.182. The molecule has 2 aromatic rings. The summed E-state index contributed by atoms with van der Waals surface area (Å²) in [6.45, 7) is 6.59. The van der Waals surface area contributed by atoms with Crippen LogP contribution in [0.25, 0.3) is 0 Å². The van der Waals surface area contributed by atoms with E-state index in [9.17, 15) is 0 Å². The lowest BCUT2D eigenvalue weighted by Gasteiger charge is -2.16. The largest absolute Gasteiger partial charge is 0.362 e. The first kappa shape index (κ1) is 13.5. The van der Waals surface area contributed by atoms with Crippen LogP contribution in [0.4, 0.5) is 5.82 Å². The number of hydrogen-bond acceptors (Lipinski definition) is 4. The van der Waals surface area contributed by atoms with Gasteiger partial charge in [-0.15, -0.1) is 0 Å². The van der Waals surface area contributed by atoms with E-state index >= 15 is 0 Å². The molecule has 3 N–H and O–H groups in total. The maximum atomic E-state index is 5.60. The molecule has 0 spiro atoms. The van der Waals surface area contributed by atoms with Crippen LogP contribution in [0.15, 0.2) is 30.5 Å². The van der Waals surface area contributed by atoms with E-state index < -0.39 is 0 Å². The van der Waals surface area contributed by atoms with Gasteiger partial charge in [0.2, 0.25) is 0 Å². The van der Waals surface area contributed by atoms with E-state index in [4.69, 9.17) is 5.73 Å². The molecule has 4 nitrogen and oxygen atoms in total. The van der Waals surface area contributed by atoms with Crippen LogP contribution in [0.3, 0.4) is 0 Å². The average Bonchev–Trinajstić information content (AvgIpc) is 2.43. The van der Waals surface area contributed by atoms with Crippen molar-refractivity contribution in [2.75, 3.05) is 5.32 Å². The first-order valence-corrected chi connectivity index (χ1v) is 6.46. The van der Waals surface area contributed by atoms with Crippen LogP contribution in [0.2, 0.25) is 0 Å². The maximum absolute atomic E-state index is 5.60. The monoisotopic (exact) mass is 256 g/mol. The van der Waals surface area contributed by atoms with E-state index in [0.29, 0.717) is 6.54 Å². The lowest BCUT2D eigenvalue weighted by molar-refractivity contribution is 0.860. The van der Waals surface area contributed by atoms with Crippen molar-refractivity contribution in [2.24, 2.45) is 5.73 Å². The Morgan fingerprint density at radius 3 is 2.53 bits per heavy atom. The summed E-state index contributed by atoms with van der Waals surface area (Å²) in [5, 5.41) is 3.40. The van der Waals surface area contributed by atoms with Gasteiger partial charge in [0.1, 0.15) is 5.82 Å². The Balaban J connectivity index is 2.15. The third-order valence-electron chi connectivity index (χ3n) is 3.14. The van der Waals surface area contributed by atoms with Crippen LogP contribution in [0.5, 0.6) is 0 Å². The molecule has 0 saturated carbocycles. The zero-order chi connectivity index (χ0) is 13.8.